The minimum atomic E-state index is -0.744. The third-order valence-electron chi connectivity index (χ3n) is 3.49. The topological polar surface area (TPSA) is 73.9 Å². The maximum atomic E-state index is 12.0. The van der Waals surface area contributed by atoms with Crippen molar-refractivity contribution < 1.29 is 23.8 Å². The lowest BCUT2D eigenvalue weighted by molar-refractivity contribution is -0.146. The predicted octanol–water partition coefficient (Wildman–Crippen LogP) is 3.69. The summed E-state index contributed by atoms with van der Waals surface area (Å²) >= 11 is 0. The van der Waals surface area contributed by atoms with Crippen molar-refractivity contribution in [3.8, 4) is 5.75 Å². The van der Waals surface area contributed by atoms with Gasteiger partial charge in [0, 0.05) is 6.20 Å². The van der Waals surface area contributed by atoms with Crippen LogP contribution < -0.4 is 10.1 Å². The minimum Gasteiger partial charge on any atom is -0.487 e. The summed E-state index contributed by atoms with van der Waals surface area (Å²) < 4.78 is 15.7. The molecule has 1 N–H and O–H groups in total. The van der Waals surface area contributed by atoms with Crippen LogP contribution in [0.15, 0.2) is 66.4 Å². The smallest absolute Gasteiger partial charge is 0.347 e. The third-order valence-corrected chi connectivity index (χ3v) is 3.49. The molecule has 2 aromatic rings. The number of esters is 2. The number of para-hydroxylation sites is 2. The molecule has 0 heterocycles. The quantitative estimate of drug-likeness (QED) is 0.315. The Hall–Kier alpha value is -3.28. The summed E-state index contributed by atoms with van der Waals surface area (Å²) in [6.07, 6.45) is 1.28. The number of carbonyl (C=O) groups is 2. The Kier molecular flexibility index (Phi) is 7.91. The fourth-order valence-electron chi connectivity index (χ4n) is 2.22. The maximum Gasteiger partial charge on any atom is 0.347 e. The highest BCUT2D eigenvalue weighted by Crippen LogP contribution is 2.25. The molecule has 0 saturated heterocycles. The molecule has 0 aliphatic heterocycles. The van der Waals surface area contributed by atoms with Crippen LogP contribution in [-0.2, 0) is 25.7 Å². The van der Waals surface area contributed by atoms with Crippen LogP contribution in [0.2, 0.25) is 0 Å². The fraction of sp³-hybridized carbons (Fsp3) is 0.238. The summed E-state index contributed by atoms with van der Waals surface area (Å²) in [5.41, 5.74) is 1.43. The van der Waals surface area contributed by atoms with Crippen LogP contribution >= 0.6 is 0 Å². The first kappa shape index (κ1) is 20.0. The molecule has 27 heavy (non-hydrogen) atoms. The molecule has 2 aromatic carbocycles. The lowest BCUT2D eigenvalue weighted by Crippen LogP contribution is -2.19. The van der Waals surface area contributed by atoms with Gasteiger partial charge in [-0.2, -0.15) is 0 Å². The van der Waals surface area contributed by atoms with E-state index in [4.69, 9.17) is 14.2 Å². The van der Waals surface area contributed by atoms with Crippen LogP contribution in [-0.4, -0.2) is 25.2 Å². The largest absolute Gasteiger partial charge is 0.487 e. The molecule has 0 bridgehead atoms. The molecular weight excluding hydrogens is 346 g/mol. The molecule has 0 radical (unpaired) electrons. The Morgan fingerprint density at radius 1 is 0.889 bits per heavy atom. The molecule has 6 heteroatoms. The van der Waals surface area contributed by atoms with E-state index in [1.165, 1.54) is 6.20 Å². The molecule has 0 fully saturated rings. The van der Waals surface area contributed by atoms with E-state index in [0.717, 1.165) is 5.56 Å². The van der Waals surface area contributed by atoms with E-state index >= 15 is 0 Å². The summed E-state index contributed by atoms with van der Waals surface area (Å²) in [7, 11) is 0. The number of hydrogen-bond acceptors (Lipinski definition) is 6. The molecule has 142 valence electrons. The number of nitrogens with one attached hydrogen (secondary N) is 1. The average Bonchev–Trinajstić information content (AvgIpc) is 2.68. The molecule has 0 atom stereocenters. The number of rotatable bonds is 9. The van der Waals surface area contributed by atoms with Crippen LogP contribution in [0.3, 0.4) is 0 Å². The van der Waals surface area contributed by atoms with E-state index in [9.17, 15) is 9.59 Å². The van der Waals surface area contributed by atoms with Crippen LogP contribution in [0, 0.1) is 0 Å². The highest BCUT2D eigenvalue weighted by atomic mass is 16.6. The molecule has 0 amide bonds. The molecule has 0 aliphatic carbocycles. The zero-order valence-corrected chi connectivity index (χ0v) is 15.4. The van der Waals surface area contributed by atoms with Gasteiger partial charge in [0.25, 0.3) is 0 Å². The predicted molar refractivity (Wildman–Crippen MR) is 102 cm³/mol. The second kappa shape index (κ2) is 10.7. The Labute approximate surface area is 158 Å². The van der Waals surface area contributed by atoms with Crippen molar-refractivity contribution in [1.82, 2.24) is 0 Å². The first-order chi connectivity index (χ1) is 13.2. The second-order valence-corrected chi connectivity index (χ2v) is 5.41. The lowest BCUT2D eigenvalue weighted by Gasteiger charge is -2.12. The van der Waals surface area contributed by atoms with Gasteiger partial charge in [-0.1, -0.05) is 42.5 Å². The zero-order chi connectivity index (χ0) is 19.5. The summed E-state index contributed by atoms with van der Waals surface area (Å²) in [5.74, 6) is -0.901. The van der Waals surface area contributed by atoms with Crippen LogP contribution in [0.4, 0.5) is 5.69 Å². The van der Waals surface area contributed by atoms with Crippen molar-refractivity contribution in [2.75, 3.05) is 18.5 Å². The zero-order valence-electron chi connectivity index (χ0n) is 15.4. The first-order valence-corrected chi connectivity index (χ1v) is 8.72. The van der Waals surface area contributed by atoms with E-state index < -0.39 is 11.9 Å². The Morgan fingerprint density at radius 3 is 2.11 bits per heavy atom. The van der Waals surface area contributed by atoms with Crippen molar-refractivity contribution in [2.45, 2.75) is 20.5 Å². The van der Waals surface area contributed by atoms with E-state index in [-0.39, 0.29) is 18.8 Å². The minimum absolute atomic E-state index is 0.159. The Bertz CT molecular complexity index is 766. The molecule has 0 aromatic heterocycles. The van der Waals surface area contributed by atoms with Gasteiger partial charge in [-0.25, -0.2) is 9.59 Å². The van der Waals surface area contributed by atoms with Gasteiger partial charge in [0.2, 0.25) is 0 Å². The van der Waals surface area contributed by atoms with Gasteiger partial charge in [-0.05, 0) is 31.5 Å². The molecule has 2 rings (SSSR count). The summed E-state index contributed by atoms with van der Waals surface area (Å²) in [5, 5.41) is 2.94. The van der Waals surface area contributed by atoms with E-state index in [1.807, 2.05) is 42.5 Å². The normalized spacial score (nSPS) is 9.85. The molecule has 0 unspecified atom stereocenters. The molecule has 0 aliphatic rings. The molecular formula is C21H23NO5. The number of hydrogen-bond donors (Lipinski definition) is 1. The van der Waals surface area contributed by atoms with Crippen LogP contribution in [0.5, 0.6) is 5.75 Å². The highest BCUT2D eigenvalue weighted by Gasteiger charge is 2.21. The molecule has 0 spiro atoms. The number of anilines is 1. The molecule has 0 saturated carbocycles. The van der Waals surface area contributed by atoms with Gasteiger partial charge in [-0.3, -0.25) is 0 Å². The fourth-order valence-corrected chi connectivity index (χ4v) is 2.22. The van der Waals surface area contributed by atoms with Crippen molar-refractivity contribution in [3.63, 3.8) is 0 Å². The van der Waals surface area contributed by atoms with Crippen molar-refractivity contribution >= 4 is 17.6 Å². The van der Waals surface area contributed by atoms with Crippen molar-refractivity contribution in [3.05, 3.63) is 71.9 Å². The Morgan fingerprint density at radius 2 is 1.48 bits per heavy atom. The summed E-state index contributed by atoms with van der Waals surface area (Å²) in [6, 6.07) is 17.0. The van der Waals surface area contributed by atoms with E-state index in [1.54, 1.807) is 26.0 Å². The van der Waals surface area contributed by atoms with Gasteiger partial charge in [-0.15, -0.1) is 0 Å². The SMILES string of the molecule is CCOC(=O)C(=CNc1ccccc1OCc1ccccc1)C(=O)OCC. The monoisotopic (exact) mass is 369 g/mol. The van der Waals surface area contributed by atoms with Gasteiger partial charge < -0.3 is 19.5 Å². The number of ether oxygens (including phenoxy) is 3. The number of carbonyl (C=O) groups excluding carboxylic acids is 2. The van der Waals surface area contributed by atoms with Gasteiger partial charge >= 0.3 is 11.9 Å². The van der Waals surface area contributed by atoms with Gasteiger partial charge in [0.15, 0.2) is 5.57 Å². The Balaban J connectivity index is 2.15. The standard InChI is InChI=1S/C21H23NO5/c1-3-25-20(23)17(21(24)26-4-2)14-22-18-12-8-9-13-19(18)27-15-16-10-6-5-7-11-16/h5-14,22H,3-4,15H2,1-2H3. The highest BCUT2D eigenvalue weighted by molar-refractivity contribution is 6.14. The van der Waals surface area contributed by atoms with E-state index in [0.29, 0.717) is 18.0 Å². The van der Waals surface area contributed by atoms with Gasteiger partial charge in [0.1, 0.15) is 12.4 Å². The summed E-state index contributed by atoms with van der Waals surface area (Å²) in [4.78, 5) is 24.0. The summed E-state index contributed by atoms with van der Waals surface area (Å²) in [6.45, 7) is 4.05. The van der Waals surface area contributed by atoms with Crippen LogP contribution in [0.25, 0.3) is 0 Å². The van der Waals surface area contributed by atoms with Crippen LogP contribution in [0.1, 0.15) is 19.4 Å². The van der Waals surface area contributed by atoms with Crippen molar-refractivity contribution in [1.29, 1.82) is 0 Å². The van der Waals surface area contributed by atoms with E-state index in [2.05, 4.69) is 5.32 Å². The maximum absolute atomic E-state index is 12.0. The number of benzene rings is 2. The lowest BCUT2D eigenvalue weighted by atomic mass is 10.2. The van der Waals surface area contributed by atoms with Crippen molar-refractivity contribution in [2.24, 2.45) is 0 Å². The molecule has 6 nitrogen and oxygen atoms in total. The average molecular weight is 369 g/mol. The first-order valence-electron chi connectivity index (χ1n) is 8.72. The second-order valence-electron chi connectivity index (χ2n) is 5.41. The van der Waals surface area contributed by atoms with Gasteiger partial charge in [0.05, 0.1) is 18.9 Å². The third kappa shape index (κ3) is 6.18.